The minimum atomic E-state index is -0.956. The number of fused-ring (bicyclic) bond motifs is 1. The number of carboxylic acids is 1. The topological polar surface area (TPSA) is 176 Å². The number of H-pyrrole nitrogens is 1. The Balaban J connectivity index is 1.66. The molecule has 0 aliphatic heterocycles. The van der Waals surface area contributed by atoms with Gasteiger partial charge in [0.1, 0.15) is 6.23 Å². The number of ether oxygens (including phenoxy) is 1. The van der Waals surface area contributed by atoms with Gasteiger partial charge in [-0.2, -0.15) is 4.98 Å². The molecule has 5 N–H and O–H groups in total. The lowest BCUT2D eigenvalue weighted by atomic mass is 10.1. The van der Waals surface area contributed by atoms with Crippen LogP contribution in [0.3, 0.4) is 0 Å². The Hall–Kier alpha value is -4.06. The number of carbonyl (C=O) groups excluding carboxylic acids is 1. The van der Waals surface area contributed by atoms with Crippen LogP contribution in [0.1, 0.15) is 35.8 Å². The molecule has 12 heteroatoms. The summed E-state index contributed by atoms with van der Waals surface area (Å²) in [5.41, 5.74) is 7.12. The molecule has 1 atom stereocenters. The largest absolute Gasteiger partial charge is 0.481 e. The quantitative estimate of drug-likeness (QED) is 0.321. The first-order valence-corrected chi connectivity index (χ1v) is 10.2. The van der Waals surface area contributed by atoms with Crippen molar-refractivity contribution in [2.75, 3.05) is 24.3 Å². The molecule has 0 unspecified atom stereocenters. The summed E-state index contributed by atoms with van der Waals surface area (Å²) in [6, 6.07) is 6.85. The lowest BCUT2D eigenvalue weighted by Crippen LogP contribution is -2.37. The number of aliphatic carboxylic acids is 1. The van der Waals surface area contributed by atoms with E-state index in [0.717, 1.165) is 5.69 Å². The maximum absolute atomic E-state index is 12.5. The van der Waals surface area contributed by atoms with Crippen molar-refractivity contribution < 1.29 is 19.4 Å². The van der Waals surface area contributed by atoms with E-state index in [0.29, 0.717) is 24.4 Å². The minimum absolute atomic E-state index is 0.0229. The monoisotopic (exact) mass is 455 g/mol. The minimum Gasteiger partial charge on any atom is -0.481 e. The highest BCUT2D eigenvalue weighted by molar-refractivity contribution is 5.94. The lowest BCUT2D eigenvalue weighted by Gasteiger charge is -2.20. The molecule has 12 nitrogen and oxygen atoms in total. The Morgan fingerprint density at radius 2 is 2.00 bits per heavy atom. The summed E-state index contributed by atoms with van der Waals surface area (Å²) in [6.45, 7) is 2.48. The zero-order valence-corrected chi connectivity index (χ0v) is 18.2. The highest BCUT2D eigenvalue weighted by Crippen LogP contribution is 2.17. The molecule has 3 rings (SSSR count). The van der Waals surface area contributed by atoms with E-state index in [-0.39, 0.29) is 35.9 Å². The number of hydrogen-bond acceptors (Lipinski definition) is 9. The van der Waals surface area contributed by atoms with Crippen LogP contribution in [0, 0.1) is 0 Å². The molecule has 2 heterocycles. The second kappa shape index (κ2) is 10.5. The van der Waals surface area contributed by atoms with Gasteiger partial charge in [0.2, 0.25) is 5.95 Å². The third-order valence-corrected chi connectivity index (χ3v) is 4.74. The Bertz CT molecular complexity index is 1200. The molecule has 0 radical (unpaired) electrons. The van der Waals surface area contributed by atoms with Gasteiger partial charge in [0.25, 0.3) is 11.5 Å². The van der Waals surface area contributed by atoms with Crippen molar-refractivity contribution in [2.45, 2.75) is 32.5 Å². The summed E-state index contributed by atoms with van der Waals surface area (Å²) >= 11 is 0. The molecule has 0 saturated carbocycles. The number of anilines is 2. The maximum Gasteiger partial charge on any atom is 0.303 e. The maximum atomic E-state index is 12.5. The number of carboxylic acid groups (broad SMARTS) is 1. The van der Waals surface area contributed by atoms with E-state index < -0.39 is 17.8 Å². The van der Waals surface area contributed by atoms with Crippen LogP contribution in [0.2, 0.25) is 0 Å². The number of benzene rings is 1. The molecule has 33 heavy (non-hydrogen) atoms. The van der Waals surface area contributed by atoms with E-state index in [1.807, 2.05) is 11.9 Å². The predicted octanol–water partition coefficient (Wildman–Crippen LogP) is 0.889. The molecular weight excluding hydrogens is 430 g/mol. The average Bonchev–Trinajstić information content (AvgIpc) is 2.78. The van der Waals surface area contributed by atoms with Gasteiger partial charge in [0.15, 0.2) is 11.2 Å². The Morgan fingerprint density at radius 1 is 1.27 bits per heavy atom. The van der Waals surface area contributed by atoms with Crippen LogP contribution in [-0.2, 0) is 16.1 Å². The first-order valence-electron chi connectivity index (χ1n) is 10.2. The number of nitrogens with one attached hydrogen (secondary N) is 2. The highest BCUT2D eigenvalue weighted by Gasteiger charge is 2.16. The lowest BCUT2D eigenvalue weighted by molar-refractivity contribution is -0.138. The van der Waals surface area contributed by atoms with Crippen molar-refractivity contribution in [2.24, 2.45) is 0 Å². The number of aromatic nitrogens is 4. The number of nitrogens with zero attached hydrogens (tertiary/aromatic N) is 4. The summed E-state index contributed by atoms with van der Waals surface area (Å²) in [7, 11) is 1.84. The molecule has 0 saturated heterocycles. The van der Waals surface area contributed by atoms with Crippen molar-refractivity contribution in [3.8, 4) is 0 Å². The fourth-order valence-corrected chi connectivity index (χ4v) is 3.13. The number of hydrogen-bond donors (Lipinski definition) is 4. The molecule has 0 spiro atoms. The number of carbonyl (C=O) groups is 2. The van der Waals surface area contributed by atoms with Crippen LogP contribution in [0.5, 0.6) is 0 Å². The molecular formula is C21H25N7O5. The Kier molecular flexibility index (Phi) is 7.51. The average molecular weight is 455 g/mol. The smallest absolute Gasteiger partial charge is 0.303 e. The van der Waals surface area contributed by atoms with Gasteiger partial charge in [-0.3, -0.25) is 19.4 Å². The van der Waals surface area contributed by atoms with Gasteiger partial charge in [-0.05, 0) is 31.2 Å². The SMILES string of the molecule is CCO[C@H](CCC(=O)O)NC(=O)c1ccc(N(C)Cc2cnc3nc(N)[nH]c(=O)c3n2)cc1. The van der Waals surface area contributed by atoms with Gasteiger partial charge in [-0.15, -0.1) is 0 Å². The summed E-state index contributed by atoms with van der Waals surface area (Å²) in [5, 5.41) is 11.5. The van der Waals surface area contributed by atoms with Crippen LogP contribution in [0.4, 0.5) is 11.6 Å². The molecule has 2 aromatic heterocycles. The molecule has 0 bridgehead atoms. The molecule has 174 valence electrons. The van der Waals surface area contributed by atoms with Gasteiger partial charge < -0.3 is 25.8 Å². The fourth-order valence-electron chi connectivity index (χ4n) is 3.13. The summed E-state index contributed by atoms with van der Waals surface area (Å²) < 4.78 is 5.41. The number of nitrogens with two attached hydrogens (primary N) is 1. The first kappa shape index (κ1) is 23.6. The van der Waals surface area contributed by atoms with Crippen LogP contribution >= 0.6 is 0 Å². The van der Waals surface area contributed by atoms with Crippen LogP contribution in [-0.4, -0.2) is 56.8 Å². The van der Waals surface area contributed by atoms with Gasteiger partial charge in [0.05, 0.1) is 18.4 Å². The van der Waals surface area contributed by atoms with E-state index in [1.54, 1.807) is 31.2 Å². The van der Waals surface area contributed by atoms with Crippen LogP contribution in [0.25, 0.3) is 11.2 Å². The number of aromatic amines is 1. The molecule has 0 aliphatic rings. The van der Waals surface area contributed by atoms with E-state index in [9.17, 15) is 14.4 Å². The summed E-state index contributed by atoms with van der Waals surface area (Å²) in [6.07, 6.45) is 0.910. The molecule has 3 aromatic rings. The van der Waals surface area contributed by atoms with Crippen molar-refractivity contribution >= 4 is 34.7 Å². The van der Waals surface area contributed by atoms with Crippen LogP contribution < -0.4 is 21.5 Å². The van der Waals surface area contributed by atoms with E-state index in [4.69, 9.17) is 15.6 Å². The normalized spacial score (nSPS) is 11.8. The standard InChI is InChI=1S/C21H25N7O5/c1-3-33-15(8-9-16(29)30)25-19(31)12-4-6-14(7-5-12)28(2)11-13-10-23-18-17(24-13)20(32)27-21(22)26-18/h4-7,10,15H,3,8-9,11H2,1-2H3,(H,25,31)(H,29,30)(H3,22,23,26,27,32)/t15-/m1/s1. The third kappa shape index (κ3) is 6.23. The van der Waals surface area contributed by atoms with Gasteiger partial charge in [0, 0.05) is 37.7 Å². The molecule has 1 amide bonds. The molecule has 0 fully saturated rings. The van der Waals surface area contributed by atoms with Crippen LogP contribution in [0.15, 0.2) is 35.3 Å². The van der Waals surface area contributed by atoms with E-state index in [1.165, 1.54) is 6.20 Å². The number of nitrogen functional groups attached to an aromatic ring is 1. The second-order valence-electron chi connectivity index (χ2n) is 7.24. The predicted molar refractivity (Wildman–Crippen MR) is 121 cm³/mol. The Morgan fingerprint density at radius 3 is 2.67 bits per heavy atom. The molecule has 1 aromatic carbocycles. The zero-order valence-electron chi connectivity index (χ0n) is 18.2. The zero-order chi connectivity index (χ0) is 24.0. The summed E-state index contributed by atoms with van der Waals surface area (Å²) in [4.78, 5) is 52.0. The van der Waals surface area contributed by atoms with Crippen molar-refractivity contribution in [3.63, 3.8) is 0 Å². The van der Waals surface area contributed by atoms with Gasteiger partial charge in [-0.25, -0.2) is 9.97 Å². The van der Waals surface area contributed by atoms with Crippen molar-refractivity contribution in [1.82, 2.24) is 25.3 Å². The van der Waals surface area contributed by atoms with Gasteiger partial charge >= 0.3 is 5.97 Å². The fraction of sp³-hybridized carbons (Fsp3) is 0.333. The molecule has 0 aliphatic carbocycles. The van der Waals surface area contributed by atoms with Crippen molar-refractivity contribution in [1.29, 1.82) is 0 Å². The number of rotatable bonds is 10. The second-order valence-corrected chi connectivity index (χ2v) is 7.24. The third-order valence-electron chi connectivity index (χ3n) is 4.74. The van der Waals surface area contributed by atoms with E-state index >= 15 is 0 Å². The number of amides is 1. The Labute approximate surface area is 188 Å². The van der Waals surface area contributed by atoms with Gasteiger partial charge in [-0.1, -0.05) is 0 Å². The summed E-state index contributed by atoms with van der Waals surface area (Å²) in [5.74, 6) is -1.34. The first-order chi connectivity index (χ1) is 15.8. The van der Waals surface area contributed by atoms with E-state index in [2.05, 4.69) is 25.3 Å². The van der Waals surface area contributed by atoms with Crippen molar-refractivity contribution in [3.05, 3.63) is 52.1 Å². The highest BCUT2D eigenvalue weighted by atomic mass is 16.5.